The van der Waals surface area contributed by atoms with E-state index in [-0.39, 0.29) is 0 Å². The van der Waals surface area contributed by atoms with E-state index >= 15 is 0 Å². The van der Waals surface area contributed by atoms with Crippen molar-refractivity contribution in [3.05, 3.63) is 29.3 Å². The summed E-state index contributed by atoms with van der Waals surface area (Å²) in [5, 5.41) is 0. The van der Waals surface area contributed by atoms with Gasteiger partial charge in [0.1, 0.15) is 5.75 Å². The summed E-state index contributed by atoms with van der Waals surface area (Å²) in [6.07, 6.45) is 4.26. The third-order valence-electron chi connectivity index (χ3n) is 3.01. The van der Waals surface area contributed by atoms with Crippen molar-refractivity contribution in [3.8, 4) is 5.75 Å². The van der Waals surface area contributed by atoms with Crippen LogP contribution >= 0.6 is 7.60 Å². The van der Waals surface area contributed by atoms with Gasteiger partial charge in [-0.05, 0) is 49.9 Å². The maximum absolute atomic E-state index is 12.8. The first kappa shape index (κ1) is 17.3. The van der Waals surface area contributed by atoms with Crippen molar-refractivity contribution in [2.45, 2.75) is 53.4 Å². The highest BCUT2D eigenvalue weighted by Gasteiger charge is 2.25. The zero-order valence-electron chi connectivity index (χ0n) is 13.1. The topological polar surface area (TPSA) is 35.5 Å². The molecule has 0 spiro atoms. The van der Waals surface area contributed by atoms with Gasteiger partial charge in [0.15, 0.2) is 0 Å². The van der Waals surface area contributed by atoms with Crippen molar-refractivity contribution in [1.29, 1.82) is 0 Å². The molecule has 114 valence electrons. The van der Waals surface area contributed by atoms with Gasteiger partial charge in [-0.1, -0.05) is 32.8 Å². The summed E-state index contributed by atoms with van der Waals surface area (Å²) < 4.78 is 24.1. The fourth-order valence-corrected chi connectivity index (χ4v) is 3.79. The average molecular weight is 298 g/mol. The maximum Gasteiger partial charge on any atom is 0.379 e. The van der Waals surface area contributed by atoms with Gasteiger partial charge < -0.3 is 4.52 Å². The summed E-state index contributed by atoms with van der Waals surface area (Å²) in [4.78, 5) is 0. The van der Waals surface area contributed by atoms with E-state index in [9.17, 15) is 4.57 Å². The zero-order chi connectivity index (χ0) is 15.0. The minimum Gasteiger partial charge on any atom is -0.424 e. The molecule has 0 saturated heterocycles. The van der Waals surface area contributed by atoms with Gasteiger partial charge in [-0.3, -0.25) is 4.52 Å². The normalized spacial score (nSPS) is 14.0. The lowest BCUT2D eigenvalue weighted by atomic mass is 10.1. The van der Waals surface area contributed by atoms with E-state index in [2.05, 4.69) is 19.9 Å². The molecule has 0 aliphatic carbocycles. The van der Waals surface area contributed by atoms with Gasteiger partial charge in [0.25, 0.3) is 0 Å². The van der Waals surface area contributed by atoms with Crippen LogP contribution in [0.5, 0.6) is 5.75 Å². The first-order valence-electron chi connectivity index (χ1n) is 7.50. The summed E-state index contributed by atoms with van der Waals surface area (Å²) in [6.45, 7) is 8.68. The van der Waals surface area contributed by atoms with Crippen LogP contribution in [0.1, 0.15) is 50.7 Å². The number of aryl methyl sites for hydroxylation is 2. The molecule has 0 aliphatic rings. The van der Waals surface area contributed by atoms with Gasteiger partial charge in [-0.15, -0.1) is 0 Å². The monoisotopic (exact) mass is 298 g/mol. The average Bonchev–Trinajstić information content (AvgIpc) is 2.35. The minimum atomic E-state index is -3.03. The Labute approximate surface area is 123 Å². The van der Waals surface area contributed by atoms with Crippen LogP contribution in [0.2, 0.25) is 0 Å². The third-order valence-corrected chi connectivity index (χ3v) is 4.94. The number of rotatable bonds is 9. The molecule has 0 heterocycles. The van der Waals surface area contributed by atoms with E-state index in [0.29, 0.717) is 18.5 Å². The quantitative estimate of drug-likeness (QED) is 0.446. The number of unbranched alkanes of at least 4 members (excludes halogenated alkanes) is 2. The van der Waals surface area contributed by atoms with Crippen LogP contribution in [0, 0.1) is 13.8 Å². The molecule has 4 heteroatoms. The van der Waals surface area contributed by atoms with Crippen molar-refractivity contribution in [2.24, 2.45) is 0 Å². The highest BCUT2D eigenvalue weighted by atomic mass is 31.2. The summed E-state index contributed by atoms with van der Waals surface area (Å²) in [5.74, 6) is 0.651. The Morgan fingerprint density at radius 1 is 1.00 bits per heavy atom. The molecule has 0 fully saturated rings. The Hall–Kier alpha value is -0.790. The summed E-state index contributed by atoms with van der Waals surface area (Å²) in [5.41, 5.74) is 2.21. The van der Waals surface area contributed by atoms with E-state index in [4.69, 9.17) is 9.05 Å². The van der Waals surface area contributed by atoms with Gasteiger partial charge >= 0.3 is 7.60 Å². The molecule has 0 amide bonds. The van der Waals surface area contributed by atoms with Gasteiger partial charge in [0.05, 0.1) is 12.8 Å². The van der Waals surface area contributed by atoms with Gasteiger partial charge in [-0.25, -0.2) is 4.57 Å². The Kier molecular flexibility index (Phi) is 7.32. The summed E-state index contributed by atoms with van der Waals surface area (Å²) in [7, 11) is -3.03. The van der Waals surface area contributed by atoms with Crippen LogP contribution in [0.15, 0.2) is 18.2 Å². The number of benzene rings is 1. The van der Waals surface area contributed by atoms with E-state index in [0.717, 1.165) is 36.8 Å². The molecule has 1 unspecified atom stereocenters. The second-order valence-electron chi connectivity index (χ2n) is 5.29. The second kappa shape index (κ2) is 8.49. The first-order chi connectivity index (χ1) is 9.49. The van der Waals surface area contributed by atoms with E-state index in [1.54, 1.807) is 0 Å². The lowest BCUT2D eigenvalue weighted by molar-refractivity contribution is 0.259. The largest absolute Gasteiger partial charge is 0.424 e. The smallest absolute Gasteiger partial charge is 0.379 e. The molecule has 1 aromatic rings. The molecule has 0 bridgehead atoms. The fraction of sp³-hybridized carbons (Fsp3) is 0.625. The van der Waals surface area contributed by atoms with Crippen molar-refractivity contribution in [2.75, 3.05) is 12.8 Å². The van der Waals surface area contributed by atoms with Crippen LogP contribution in [-0.4, -0.2) is 12.8 Å². The Morgan fingerprint density at radius 2 is 1.60 bits per heavy atom. The fourth-order valence-electron chi connectivity index (χ4n) is 1.98. The van der Waals surface area contributed by atoms with Crippen molar-refractivity contribution in [3.63, 3.8) is 0 Å². The van der Waals surface area contributed by atoms with Gasteiger partial charge in [0, 0.05) is 0 Å². The SMILES string of the molecule is CCCCOP(=O)(CCCC)Oc1cc(C)cc(C)c1. The molecule has 3 nitrogen and oxygen atoms in total. The van der Waals surface area contributed by atoms with Crippen molar-refractivity contribution < 1.29 is 13.6 Å². The maximum atomic E-state index is 12.8. The van der Waals surface area contributed by atoms with Crippen LogP contribution in [0.3, 0.4) is 0 Å². The lowest BCUT2D eigenvalue weighted by Crippen LogP contribution is -2.04. The van der Waals surface area contributed by atoms with Gasteiger partial charge in [-0.2, -0.15) is 0 Å². The Balaban J connectivity index is 2.79. The predicted molar refractivity (Wildman–Crippen MR) is 84.8 cm³/mol. The molecule has 0 radical (unpaired) electrons. The molecule has 20 heavy (non-hydrogen) atoms. The van der Waals surface area contributed by atoms with Crippen LogP contribution in [0.4, 0.5) is 0 Å². The summed E-state index contributed by atoms with van der Waals surface area (Å²) in [6, 6.07) is 5.89. The van der Waals surface area contributed by atoms with E-state index < -0.39 is 7.60 Å². The molecule has 0 aliphatic heterocycles. The summed E-state index contributed by atoms with van der Waals surface area (Å²) >= 11 is 0. The Bertz CT molecular complexity index is 437. The van der Waals surface area contributed by atoms with Gasteiger partial charge in [0.2, 0.25) is 0 Å². The molecule has 1 atom stereocenters. The third kappa shape index (κ3) is 6.11. The molecular formula is C16H27O3P. The molecule has 0 saturated carbocycles. The molecule has 1 rings (SSSR count). The first-order valence-corrected chi connectivity index (χ1v) is 9.23. The highest BCUT2D eigenvalue weighted by molar-refractivity contribution is 7.54. The highest BCUT2D eigenvalue weighted by Crippen LogP contribution is 2.49. The molecular weight excluding hydrogens is 271 g/mol. The predicted octanol–water partition coefficient (Wildman–Crippen LogP) is 5.49. The molecule has 0 N–H and O–H groups in total. The lowest BCUT2D eigenvalue weighted by Gasteiger charge is -2.19. The van der Waals surface area contributed by atoms with E-state index in [1.165, 1.54) is 0 Å². The number of hydrogen-bond donors (Lipinski definition) is 0. The van der Waals surface area contributed by atoms with Crippen LogP contribution in [0.25, 0.3) is 0 Å². The van der Waals surface area contributed by atoms with Crippen molar-refractivity contribution >= 4 is 7.60 Å². The molecule has 0 aromatic heterocycles. The van der Waals surface area contributed by atoms with Crippen LogP contribution in [-0.2, 0) is 9.09 Å². The van der Waals surface area contributed by atoms with Crippen LogP contribution < -0.4 is 4.52 Å². The Morgan fingerprint density at radius 3 is 2.15 bits per heavy atom. The molecule has 1 aromatic carbocycles. The minimum absolute atomic E-state index is 0.486. The second-order valence-corrected chi connectivity index (χ2v) is 7.40. The van der Waals surface area contributed by atoms with Crippen molar-refractivity contribution in [1.82, 2.24) is 0 Å². The zero-order valence-corrected chi connectivity index (χ0v) is 14.0. The van der Waals surface area contributed by atoms with E-state index in [1.807, 2.05) is 26.0 Å². The number of hydrogen-bond acceptors (Lipinski definition) is 3. The standard InChI is InChI=1S/C16H27O3P/c1-5-7-9-18-20(17,10-8-6-2)19-16-12-14(3)11-15(4)13-16/h11-13H,5-10H2,1-4H3.